The normalized spacial score (nSPS) is 11.3. The number of ether oxygens (including phenoxy) is 2. The molecule has 1 aliphatic rings. The van der Waals surface area contributed by atoms with Gasteiger partial charge in [-0.05, 0) is 198 Å². The molecule has 3 atom stereocenters. The van der Waals surface area contributed by atoms with Crippen LogP contribution in [0, 0.1) is 22.7 Å². The molecule has 0 spiro atoms. The maximum absolute atomic E-state index is 12.2. The second-order valence-electron chi connectivity index (χ2n) is 29.1. The molecule has 1 aliphatic heterocycles. The first kappa shape index (κ1) is 127. The van der Waals surface area contributed by atoms with Crippen molar-refractivity contribution in [1.82, 2.24) is 9.80 Å². The minimum atomic E-state index is -5.07. The van der Waals surface area contributed by atoms with Crippen LogP contribution < -0.4 is 27.6 Å². The number of nitrogens with zero attached hydrogens (tertiary/aromatic N) is 6. The van der Waals surface area contributed by atoms with E-state index < -0.39 is 29.9 Å². The second-order valence-corrected chi connectivity index (χ2v) is 34.3. The van der Waals surface area contributed by atoms with Gasteiger partial charge in [-0.3, -0.25) is 38.6 Å². The van der Waals surface area contributed by atoms with Gasteiger partial charge in [-0.1, -0.05) is 284 Å². The smallest absolute Gasteiger partial charge is 0.491 e. The van der Waals surface area contributed by atoms with Gasteiger partial charge in [0.25, 0.3) is 0 Å². The molecule has 11 aromatic rings. The first-order chi connectivity index (χ1) is 61.7. The van der Waals surface area contributed by atoms with E-state index in [2.05, 4.69) is 100 Å². The van der Waals surface area contributed by atoms with Crippen LogP contribution in [0.3, 0.4) is 0 Å². The largest absolute Gasteiger partial charge is 1.00 e. The number of alkyl halides is 3. The molecule has 12 rings (SSSR count). The zero-order valence-corrected chi connectivity index (χ0v) is 85.5. The van der Waals surface area contributed by atoms with Crippen molar-refractivity contribution in [2.75, 3.05) is 55.4 Å². The van der Waals surface area contributed by atoms with E-state index >= 15 is 0 Å². The first-order valence-electron chi connectivity index (χ1n) is 40.1. The highest BCUT2D eigenvalue weighted by atomic mass is 79.9. The van der Waals surface area contributed by atoms with Crippen LogP contribution in [-0.2, 0) is 20.8 Å². The van der Waals surface area contributed by atoms with Crippen molar-refractivity contribution in [3.63, 3.8) is 0 Å². The predicted octanol–water partition coefficient (Wildman–Crippen LogP) is 25.5. The van der Waals surface area contributed by atoms with E-state index in [9.17, 15) is 56.8 Å². The van der Waals surface area contributed by atoms with Gasteiger partial charge in [-0.2, -0.15) is 23.7 Å². The standard InChI is InChI=1S/C17H13BrClNO.C17H16ClNO2.C16H13BrClN.2C11H14ClNO.C10H7F3O4.C8H6BrN.C8H7ClO.C3H8N.2CH4.3ClH/c18-14-8-5-12(6-9-14)13(11-20)7-10-17(21)15-3-1-2-4-16(15)19;18-15-9-5-4-8-14(15)16(20)11-10-13(17(19)21)12-6-2-1-3-7-12;17-12-7-5-11(6-8-12)15-9-10-16(19-15)13-3-1-2-4-14(13)18;2*1-13(2)8-7-11(14)9-5-3-4-6-10(9)12;1-6(14)16-7-3-2-4-8(5-7)17-9(15)10(11,12)13;9-8-3-1-7(2-4-8)5-6-10;1-6(10)7-4-2-3-5-8(7)9;1-4(2)3;;;;;/h1-6,8-9,13H,7,10H2;1-9,13H,10-11H2,(H2,19,21);1-8,15H,9-10H2;2*3-6H,7-8H2,1-2H3;2-5H,1H3;1-4H,5H2;2-5H,1H3;1H2,2-3H3;2*1H4;3*1H/q;;;;;;;;+1;;;;;/p-1. The number of ketones is 5. The van der Waals surface area contributed by atoms with Crippen molar-refractivity contribution < 1.29 is 78.0 Å². The fraction of sp³-hybridized carbons (Fsp3) is 0.243. The molecule has 17 nitrogen and oxygen atoms in total. The van der Waals surface area contributed by atoms with Crippen molar-refractivity contribution in [2.45, 2.75) is 111 Å². The monoisotopic (exact) mass is 2210 g/mol. The van der Waals surface area contributed by atoms with E-state index in [1.165, 1.54) is 24.6 Å². The number of carbonyl (C=O) groups excluding carboxylic acids is 8. The molecule has 11 aromatic carbocycles. The molecule has 0 saturated carbocycles. The van der Waals surface area contributed by atoms with Crippen molar-refractivity contribution in [2.24, 2.45) is 10.7 Å². The lowest BCUT2D eigenvalue weighted by molar-refractivity contribution is -0.454. The van der Waals surface area contributed by atoms with Gasteiger partial charge in [0.05, 0.1) is 61.6 Å². The Morgan fingerprint density at radius 3 is 1.21 bits per heavy atom. The molecule has 1 amide bonds. The molecular weight excluding hydrogens is 2110 g/mol. The number of amides is 1. The summed E-state index contributed by atoms with van der Waals surface area (Å²) in [6, 6.07) is 85.5. The number of nitrogens with two attached hydrogens (primary N) is 1. The van der Waals surface area contributed by atoms with Gasteiger partial charge >= 0.3 is 18.1 Å². The number of Topliss-reactive ketones (excluding diaryl/α,β-unsaturated/α-hetero) is 5. The van der Waals surface area contributed by atoms with Gasteiger partial charge in [-0.15, -0.1) is 24.8 Å². The molecule has 3 unspecified atom stereocenters. The third-order valence-corrected chi connectivity index (χ3v) is 21.5. The number of esters is 2. The van der Waals surface area contributed by atoms with E-state index in [1.54, 1.807) is 102 Å². The maximum Gasteiger partial charge on any atom is 0.491 e. The van der Waals surface area contributed by atoms with Gasteiger partial charge in [0.15, 0.2) is 28.9 Å². The van der Waals surface area contributed by atoms with E-state index in [0.29, 0.717) is 91.5 Å². The Morgan fingerprint density at radius 1 is 0.496 bits per heavy atom. The fourth-order valence-corrected chi connectivity index (χ4v) is 13.7. The molecular formula is C103H108Br3Cl9F3N7O10. The second kappa shape index (κ2) is 69.1. The SMILES string of the molecule is C.C.C=[N+](C)C.CC(=O)Oc1cccc(OC(=O)C(F)(F)F)c1.CC(=O)c1ccccc1Cl.CN(C)CCC(=O)c1ccccc1Cl.CN(C)CCC(=O)c1ccccc1Cl.Cl.Cl.Clc1ccccc1C1=NC(c2ccc(Br)cc2)CC1.N#CC(CCC(=O)c1ccccc1Cl)c1ccc(Br)cc1.N#CCc1ccc(Br)cc1.NC(=O)C(CCC(=O)c1ccccc1Cl)c1ccccc1.[Cl-]. The van der Waals surface area contributed by atoms with Crippen LogP contribution in [0.2, 0.25) is 30.1 Å². The molecule has 720 valence electrons. The lowest BCUT2D eigenvalue weighted by Crippen LogP contribution is -3.00. The number of primary amides is 1. The summed E-state index contributed by atoms with van der Waals surface area (Å²) in [6.45, 7) is 7.61. The van der Waals surface area contributed by atoms with Crippen molar-refractivity contribution in [3.05, 3.63) is 372 Å². The van der Waals surface area contributed by atoms with Crippen LogP contribution in [0.4, 0.5) is 13.2 Å². The molecule has 135 heavy (non-hydrogen) atoms. The zero-order valence-electron chi connectivity index (χ0n) is 73.8. The van der Waals surface area contributed by atoms with Crippen LogP contribution in [0.25, 0.3) is 0 Å². The van der Waals surface area contributed by atoms with Crippen LogP contribution in [0.15, 0.2) is 291 Å². The van der Waals surface area contributed by atoms with Gasteiger partial charge in [0.1, 0.15) is 32.3 Å². The van der Waals surface area contributed by atoms with E-state index in [1.807, 2.05) is 179 Å². The molecule has 0 fully saturated rings. The predicted molar refractivity (Wildman–Crippen MR) is 554 cm³/mol. The maximum atomic E-state index is 12.2. The Hall–Kier alpha value is -9.74. The third kappa shape index (κ3) is 50.2. The highest BCUT2D eigenvalue weighted by Gasteiger charge is 2.41. The summed E-state index contributed by atoms with van der Waals surface area (Å²) in [5.41, 5.74) is 14.6. The van der Waals surface area contributed by atoms with Crippen molar-refractivity contribution >= 4 is 201 Å². The van der Waals surface area contributed by atoms with Crippen LogP contribution in [0.5, 0.6) is 11.5 Å². The van der Waals surface area contributed by atoms with Crippen LogP contribution in [0.1, 0.15) is 178 Å². The summed E-state index contributed by atoms with van der Waals surface area (Å²) in [6.07, 6.45) is -0.110. The van der Waals surface area contributed by atoms with Crippen LogP contribution >= 0.6 is 142 Å². The Bertz CT molecular complexity index is 5590. The van der Waals surface area contributed by atoms with E-state index in [0.717, 1.165) is 91.4 Å². The van der Waals surface area contributed by atoms with Gasteiger partial charge < -0.3 is 37.4 Å². The minimum absolute atomic E-state index is 0. The topological polar surface area (TPSA) is 250 Å². The van der Waals surface area contributed by atoms with E-state index in [-0.39, 0.29) is 111 Å². The third-order valence-electron chi connectivity index (χ3n) is 17.9. The lowest BCUT2D eigenvalue weighted by Gasteiger charge is -2.13. The van der Waals surface area contributed by atoms with Gasteiger partial charge in [-0.25, -0.2) is 9.37 Å². The molecule has 32 heteroatoms. The van der Waals surface area contributed by atoms with Gasteiger partial charge in [0, 0.05) is 109 Å². The molecule has 1 heterocycles. The summed E-state index contributed by atoms with van der Waals surface area (Å²) >= 11 is 45.9. The Morgan fingerprint density at radius 2 is 0.852 bits per heavy atom. The quantitative estimate of drug-likeness (QED) is 0.0184. The molecule has 0 aromatic heterocycles. The number of aliphatic imine (C=N–C) groups is 1. The summed E-state index contributed by atoms with van der Waals surface area (Å²) in [5.74, 6) is -4.41. The Balaban J connectivity index is 0. The summed E-state index contributed by atoms with van der Waals surface area (Å²) in [5, 5.41) is 20.9. The summed E-state index contributed by atoms with van der Waals surface area (Å²) in [7, 11) is 11.6. The molecule has 0 aliphatic carbocycles. The average molecular weight is 2220 g/mol. The highest BCUT2D eigenvalue weighted by Crippen LogP contribution is 2.35. The number of nitriles is 2. The Labute approximate surface area is 864 Å². The average Bonchev–Trinajstić information content (AvgIpc) is 1.68. The number of carbonyl (C=O) groups is 8. The molecule has 0 bridgehead atoms. The number of halogens is 15. The van der Waals surface area contributed by atoms with Crippen LogP contribution in [-0.4, -0.2) is 135 Å². The minimum Gasteiger partial charge on any atom is -1.00 e. The number of rotatable bonds is 25. The summed E-state index contributed by atoms with van der Waals surface area (Å²) in [4.78, 5) is 100.0. The molecule has 0 saturated heterocycles. The molecule has 0 radical (unpaired) electrons. The number of benzene rings is 11. The van der Waals surface area contributed by atoms with Crippen molar-refractivity contribution in [1.29, 1.82) is 10.5 Å². The van der Waals surface area contributed by atoms with Crippen molar-refractivity contribution in [3.8, 4) is 23.6 Å². The summed E-state index contributed by atoms with van der Waals surface area (Å²) < 4.78 is 49.2. The highest BCUT2D eigenvalue weighted by molar-refractivity contribution is 9.11. The number of hydrogen-bond donors (Lipinski definition) is 1. The van der Waals surface area contributed by atoms with Gasteiger partial charge in [0.2, 0.25) is 5.91 Å². The lowest BCUT2D eigenvalue weighted by atomic mass is 9.91. The van der Waals surface area contributed by atoms with E-state index in [4.69, 9.17) is 85.6 Å². The molecule has 2 N–H and O–H groups in total. The number of hydrogen-bond acceptors (Lipinski definition) is 15. The zero-order chi connectivity index (χ0) is 96.4. The Kier molecular flexibility index (Phi) is 65.2. The first-order valence-corrected chi connectivity index (χ1v) is 44.8. The fourth-order valence-electron chi connectivity index (χ4n) is 11.4.